The van der Waals surface area contributed by atoms with Crippen LogP contribution in [-0.4, -0.2) is 30.4 Å². The number of benzene rings is 1. The van der Waals surface area contributed by atoms with Crippen molar-refractivity contribution < 1.29 is 14.0 Å². The van der Waals surface area contributed by atoms with Crippen molar-refractivity contribution in [3.8, 4) is 11.5 Å². The summed E-state index contributed by atoms with van der Waals surface area (Å²) in [5.74, 6) is 2.62. The third-order valence-electron chi connectivity index (χ3n) is 3.47. The lowest BCUT2D eigenvalue weighted by Crippen LogP contribution is -2.22. The van der Waals surface area contributed by atoms with E-state index in [0.29, 0.717) is 29.6 Å². The average Bonchev–Trinajstić information content (AvgIpc) is 2.94. The third kappa shape index (κ3) is 4.11. The van der Waals surface area contributed by atoms with E-state index in [2.05, 4.69) is 10.1 Å². The van der Waals surface area contributed by atoms with E-state index in [4.69, 9.17) is 19.7 Å². The minimum atomic E-state index is -0.0284. The predicted octanol–water partition coefficient (Wildman–Crippen LogP) is 2.55. The van der Waals surface area contributed by atoms with Gasteiger partial charge in [-0.05, 0) is 24.6 Å². The molecule has 0 aliphatic carbocycles. The van der Waals surface area contributed by atoms with Gasteiger partial charge in [-0.25, -0.2) is 0 Å². The molecule has 0 aliphatic heterocycles. The molecule has 22 heavy (non-hydrogen) atoms. The van der Waals surface area contributed by atoms with E-state index in [1.54, 1.807) is 14.2 Å². The Morgan fingerprint density at radius 1 is 1.18 bits per heavy atom. The standard InChI is InChI=1S/C15H21N3O3.ClH/c1-9(10(2)16)15-17-14(18-21-15)8-11-5-6-12(19-3)13(7-11)20-4;/h5-7,9-10H,8,16H2,1-4H3;1H. The van der Waals surface area contributed by atoms with Crippen LogP contribution in [-0.2, 0) is 6.42 Å². The maximum Gasteiger partial charge on any atom is 0.231 e. The summed E-state index contributed by atoms with van der Waals surface area (Å²) >= 11 is 0. The first-order valence-corrected chi connectivity index (χ1v) is 6.84. The van der Waals surface area contributed by atoms with Crippen molar-refractivity contribution in [2.75, 3.05) is 14.2 Å². The van der Waals surface area contributed by atoms with Crippen molar-refractivity contribution in [2.24, 2.45) is 5.73 Å². The van der Waals surface area contributed by atoms with Crippen LogP contribution in [0.4, 0.5) is 0 Å². The van der Waals surface area contributed by atoms with Gasteiger partial charge in [0.2, 0.25) is 5.89 Å². The fourth-order valence-electron chi connectivity index (χ4n) is 1.92. The van der Waals surface area contributed by atoms with Crippen LogP contribution in [0.15, 0.2) is 22.7 Å². The Bertz CT molecular complexity index is 601. The first-order chi connectivity index (χ1) is 10.0. The number of nitrogens with zero attached hydrogens (tertiary/aromatic N) is 2. The Morgan fingerprint density at radius 2 is 1.86 bits per heavy atom. The predicted molar refractivity (Wildman–Crippen MR) is 86.0 cm³/mol. The number of ether oxygens (including phenoxy) is 2. The molecular formula is C15H22ClN3O3. The molecule has 122 valence electrons. The molecule has 7 heteroatoms. The fourth-order valence-corrected chi connectivity index (χ4v) is 1.92. The largest absolute Gasteiger partial charge is 0.493 e. The fraction of sp³-hybridized carbons (Fsp3) is 0.467. The lowest BCUT2D eigenvalue weighted by Gasteiger charge is -2.09. The molecule has 0 radical (unpaired) electrons. The molecule has 0 saturated heterocycles. The summed E-state index contributed by atoms with van der Waals surface area (Å²) in [7, 11) is 3.22. The molecule has 1 aromatic heterocycles. The summed E-state index contributed by atoms with van der Waals surface area (Å²) in [5, 5.41) is 4.00. The lowest BCUT2D eigenvalue weighted by molar-refractivity contribution is 0.343. The number of methoxy groups -OCH3 is 2. The number of hydrogen-bond donors (Lipinski definition) is 1. The van der Waals surface area contributed by atoms with Crippen LogP contribution in [0.1, 0.15) is 37.0 Å². The van der Waals surface area contributed by atoms with Gasteiger partial charge in [0.05, 0.1) is 20.1 Å². The van der Waals surface area contributed by atoms with Gasteiger partial charge in [0.25, 0.3) is 0 Å². The summed E-state index contributed by atoms with van der Waals surface area (Å²) in [6.45, 7) is 3.89. The molecule has 0 spiro atoms. The van der Waals surface area contributed by atoms with E-state index in [-0.39, 0.29) is 24.4 Å². The van der Waals surface area contributed by atoms with Crippen LogP contribution >= 0.6 is 12.4 Å². The highest BCUT2D eigenvalue weighted by molar-refractivity contribution is 5.85. The summed E-state index contributed by atoms with van der Waals surface area (Å²) in [4.78, 5) is 4.39. The molecule has 2 atom stereocenters. The number of nitrogens with two attached hydrogens (primary N) is 1. The molecule has 2 N–H and O–H groups in total. The maximum absolute atomic E-state index is 5.84. The molecule has 6 nitrogen and oxygen atoms in total. The summed E-state index contributed by atoms with van der Waals surface area (Å²) in [5.41, 5.74) is 6.86. The Hall–Kier alpha value is -1.79. The molecule has 1 aromatic carbocycles. The molecule has 0 aliphatic rings. The van der Waals surface area contributed by atoms with Crippen molar-refractivity contribution in [3.05, 3.63) is 35.5 Å². The second-order valence-corrected chi connectivity index (χ2v) is 5.06. The zero-order valence-corrected chi connectivity index (χ0v) is 14.0. The van der Waals surface area contributed by atoms with E-state index >= 15 is 0 Å². The Kier molecular flexibility index (Phi) is 6.64. The summed E-state index contributed by atoms with van der Waals surface area (Å²) in [6.07, 6.45) is 0.565. The average molecular weight is 328 g/mol. The van der Waals surface area contributed by atoms with Gasteiger partial charge in [-0.3, -0.25) is 0 Å². The van der Waals surface area contributed by atoms with Crippen LogP contribution in [0.25, 0.3) is 0 Å². The molecule has 2 unspecified atom stereocenters. The molecule has 0 amide bonds. The Morgan fingerprint density at radius 3 is 2.45 bits per heavy atom. The van der Waals surface area contributed by atoms with Gasteiger partial charge in [0, 0.05) is 12.5 Å². The van der Waals surface area contributed by atoms with Crippen LogP contribution in [0.5, 0.6) is 11.5 Å². The quantitative estimate of drug-likeness (QED) is 0.877. The van der Waals surface area contributed by atoms with Crippen molar-refractivity contribution in [3.63, 3.8) is 0 Å². The van der Waals surface area contributed by atoms with Crippen LogP contribution < -0.4 is 15.2 Å². The zero-order chi connectivity index (χ0) is 15.4. The van der Waals surface area contributed by atoms with Crippen LogP contribution in [0, 0.1) is 0 Å². The Labute approximate surface area is 136 Å². The van der Waals surface area contributed by atoms with E-state index in [9.17, 15) is 0 Å². The smallest absolute Gasteiger partial charge is 0.231 e. The van der Waals surface area contributed by atoms with Gasteiger partial charge in [0.15, 0.2) is 17.3 Å². The van der Waals surface area contributed by atoms with E-state index in [0.717, 1.165) is 5.56 Å². The molecule has 0 fully saturated rings. The third-order valence-corrected chi connectivity index (χ3v) is 3.47. The van der Waals surface area contributed by atoms with Crippen molar-refractivity contribution >= 4 is 12.4 Å². The molecular weight excluding hydrogens is 306 g/mol. The second-order valence-electron chi connectivity index (χ2n) is 5.06. The second kappa shape index (κ2) is 8.00. The lowest BCUT2D eigenvalue weighted by atomic mass is 10.1. The van der Waals surface area contributed by atoms with Crippen molar-refractivity contribution in [2.45, 2.75) is 32.2 Å². The van der Waals surface area contributed by atoms with Gasteiger partial charge in [-0.1, -0.05) is 18.1 Å². The van der Waals surface area contributed by atoms with E-state index in [1.165, 1.54) is 0 Å². The topological polar surface area (TPSA) is 83.4 Å². The zero-order valence-electron chi connectivity index (χ0n) is 13.2. The van der Waals surface area contributed by atoms with Gasteiger partial charge in [-0.2, -0.15) is 4.98 Å². The minimum absolute atomic E-state index is 0. The van der Waals surface area contributed by atoms with Crippen molar-refractivity contribution in [1.82, 2.24) is 10.1 Å². The highest BCUT2D eigenvalue weighted by atomic mass is 35.5. The molecule has 2 rings (SSSR count). The molecule has 0 bridgehead atoms. The van der Waals surface area contributed by atoms with E-state index < -0.39 is 0 Å². The number of halogens is 1. The Balaban J connectivity index is 0.00000242. The van der Waals surface area contributed by atoms with Gasteiger partial charge in [-0.15, -0.1) is 12.4 Å². The van der Waals surface area contributed by atoms with Gasteiger partial charge in [0.1, 0.15) is 0 Å². The first kappa shape index (κ1) is 18.3. The molecule has 2 aromatic rings. The SMILES string of the molecule is COc1ccc(Cc2noc(C(C)C(C)N)n2)cc1OC.Cl. The normalized spacial score (nSPS) is 13.1. The van der Waals surface area contributed by atoms with Gasteiger partial charge < -0.3 is 19.7 Å². The van der Waals surface area contributed by atoms with Gasteiger partial charge >= 0.3 is 0 Å². The summed E-state index contributed by atoms with van der Waals surface area (Å²) < 4.78 is 15.8. The highest BCUT2D eigenvalue weighted by Crippen LogP contribution is 2.28. The van der Waals surface area contributed by atoms with E-state index in [1.807, 2.05) is 32.0 Å². The number of hydrogen-bond acceptors (Lipinski definition) is 6. The summed E-state index contributed by atoms with van der Waals surface area (Å²) in [6, 6.07) is 5.69. The van der Waals surface area contributed by atoms with Crippen molar-refractivity contribution in [1.29, 1.82) is 0 Å². The number of rotatable bonds is 6. The van der Waals surface area contributed by atoms with Crippen LogP contribution in [0.3, 0.4) is 0 Å². The first-order valence-electron chi connectivity index (χ1n) is 6.84. The monoisotopic (exact) mass is 327 g/mol. The number of aromatic nitrogens is 2. The molecule has 0 saturated carbocycles. The highest BCUT2D eigenvalue weighted by Gasteiger charge is 2.18. The van der Waals surface area contributed by atoms with Crippen LogP contribution in [0.2, 0.25) is 0 Å². The minimum Gasteiger partial charge on any atom is -0.493 e. The molecule has 1 heterocycles. The maximum atomic E-state index is 5.84.